The van der Waals surface area contributed by atoms with Crippen LogP contribution in [0.2, 0.25) is 0 Å². The zero-order valence-corrected chi connectivity index (χ0v) is 17.9. The van der Waals surface area contributed by atoms with Gasteiger partial charge in [-0.25, -0.2) is 8.42 Å². The smallest absolute Gasteiger partial charge is 0.352 e. The minimum absolute atomic E-state index is 0.0369. The Morgan fingerprint density at radius 3 is 2.56 bits per heavy atom. The second kappa shape index (κ2) is 9.43. The molecule has 0 aliphatic heterocycles. The topological polar surface area (TPSA) is 93.1 Å². The lowest BCUT2D eigenvalue weighted by Gasteiger charge is -2.14. The van der Waals surface area contributed by atoms with Crippen LogP contribution in [0.25, 0.3) is 0 Å². The number of aryl methyl sites for hydroxylation is 2. The monoisotopic (exact) mass is 466 g/mol. The number of rotatable bonds is 8. The number of carbonyl (C=O) groups is 1. The highest BCUT2D eigenvalue weighted by Crippen LogP contribution is 2.31. The lowest BCUT2D eigenvalue weighted by Crippen LogP contribution is -2.27. The first-order chi connectivity index (χ1) is 15.1. The molecule has 2 N–H and O–H groups in total. The Kier molecular flexibility index (Phi) is 6.87. The summed E-state index contributed by atoms with van der Waals surface area (Å²) in [5, 5.41) is 6.86. The van der Waals surface area contributed by atoms with Crippen LogP contribution in [0, 0.1) is 6.92 Å². The fourth-order valence-corrected chi connectivity index (χ4v) is 4.07. The maximum Gasteiger partial charge on any atom is 0.416 e. The van der Waals surface area contributed by atoms with Crippen molar-refractivity contribution in [2.75, 3.05) is 11.3 Å². The van der Waals surface area contributed by atoms with E-state index in [-0.39, 0.29) is 11.3 Å². The van der Waals surface area contributed by atoms with Gasteiger partial charge in [-0.15, -0.1) is 0 Å². The van der Waals surface area contributed by atoms with Gasteiger partial charge in [0.1, 0.15) is 0 Å². The lowest BCUT2D eigenvalue weighted by molar-refractivity contribution is -0.137. The number of sulfonamides is 1. The van der Waals surface area contributed by atoms with E-state index in [9.17, 15) is 26.4 Å². The zero-order chi connectivity index (χ0) is 23.4. The first-order valence-electron chi connectivity index (χ1n) is 9.62. The Bertz CT molecular complexity index is 1210. The Labute approximate surface area is 183 Å². The molecule has 2 aromatic carbocycles. The predicted octanol–water partition coefficient (Wildman–Crippen LogP) is 3.83. The second-order valence-corrected chi connectivity index (χ2v) is 8.75. The zero-order valence-electron chi connectivity index (χ0n) is 17.1. The Hall–Kier alpha value is -3.34. The quantitative estimate of drug-likeness (QED) is 0.494. The van der Waals surface area contributed by atoms with Gasteiger partial charge in [0, 0.05) is 19.3 Å². The summed E-state index contributed by atoms with van der Waals surface area (Å²) in [4.78, 5) is 12.0. The molecule has 0 unspecified atom stereocenters. The van der Waals surface area contributed by atoms with Crippen molar-refractivity contribution in [3.8, 4) is 0 Å². The number of amides is 1. The van der Waals surface area contributed by atoms with Crippen LogP contribution in [0.4, 0.5) is 18.9 Å². The van der Waals surface area contributed by atoms with E-state index in [1.807, 2.05) is 13.1 Å². The van der Waals surface area contributed by atoms with E-state index < -0.39 is 32.6 Å². The molecule has 170 valence electrons. The molecule has 1 heterocycles. The molecule has 1 aromatic heterocycles. The van der Waals surface area contributed by atoms with Crippen LogP contribution < -0.4 is 10.0 Å². The van der Waals surface area contributed by atoms with Gasteiger partial charge in [-0.2, -0.15) is 18.3 Å². The molecule has 32 heavy (non-hydrogen) atoms. The summed E-state index contributed by atoms with van der Waals surface area (Å²) in [7, 11) is -4.35. The van der Waals surface area contributed by atoms with Gasteiger partial charge in [-0.3, -0.25) is 14.2 Å². The predicted molar refractivity (Wildman–Crippen MR) is 113 cm³/mol. The Morgan fingerprint density at radius 2 is 1.88 bits per heavy atom. The SMILES string of the molecule is Cc1cnn(CCCNC(=O)c2ccccc2NS(=O)(=O)c2cccc(C(F)(F)F)c2)c1. The number of nitrogens with one attached hydrogen (secondary N) is 2. The van der Waals surface area contributed by atoms with Crippen LogP contribution in [-0.4, -0.2) is 30.7 Å². The summed E-state index contributed by atoms with van der Waals surface area (Å²) < 4.78 is 68.1. The number of hydrogen-bond acceptors (Lipinski definition) is 4. The van der Waals surface area contributed by atoms with Crippen molar-refractivity contribution in [2.45, 2.75) is 31.0 Å². The van der Waals surface area contributed by atoms with Crippen LogP contribution in [-0.2, 0) is 22.7 Å². The molecule has 0 radical (unpaired) electrons. The van der Waals surface area contributed by atoms with Gasteiger partial charge in [0.15, 0.2) is 0 Å². The number of hydrogen-bond donors (Lipinski definition) is 2. The molecule has 0 atom stereocenters. The fourth-order valence-electron chi connectivity index (χ4n) is 2.94. The molecular weight excluding hydrogens is 445 g/mol. The van der Waals surface area contributed by atoms with Crippen LogP contribution >= 0.6 is 0 Å². The second-order valence-electron chi connectivity index (χ2n) is 7.07. The van der Waals surface area contributed by atoms with E-state index in [0.717, 1.165) is 23.8 Å². The van der Waals surface area contributed by atoms with Gasteiger partial charge >= 0.3 is 6.18 Å². The number of halogens is 3. The van der Waals surface area contributed by atoms with Crippen LogP contribution in [0.3, 0.4) is 0 Å². The molecule has 3 aromatic rings. The van der Waals surface area contributed by atoms with Gasteiger partial charge in [0.25, 0.3) is 15.9 Å². The minimum atomic E-state index is -4.68. The highest BCUT2D eigenvalue weighted by Gasteiger charge is 2.31. The van der Waals surface area contributed by atoms with Gasteiger partial charge in [0.05, 0.1) is 27.9 Å². The molecule has 11 heteroatoms. The third-order valence-electron chi connectivity index (χ3n) is 4.50. The van der Waals surface area contributed by atoms with Crippen molar-refractivity contribution in [1.82, 2.24) is 15.1 Å². The van der Waals surface area contributed by atoms with E-state index in [4.69, 9.17) is 0 Å². The summed E-state index contributed by atoms with van der Waals surface area (Å²) in [6.07, 6.45) is -0.478. The maximum atomic E-state index is 12.9. The van der Waals surface area contributed by atoms with Crippen molar-refractivity contribution in [3.63, 3.8) is 0 Å². The largest absolute Gasteiger partial charge is 0.416 e. The molecule has 0 spiro atoms. The van der Waals surface area contributed by atoms with Crippen LogP contribution in [0.15, 0.2) is 65.8 Å². The van der Waals surface area contributed by atoms with Crippen molar-refractivity contribution < 1.29 is 26.4 Å². The number of anilines is 1. The standard InChI is InChI=1S/C21H21F3N4O3S/c1-15-13-26-28(14-15)11-5-10-25-20(29)18-8-2-3-9-19(18)27-32(30,31)17-7-4-6-16(12-17)21(22,23)24/h2-4,6-9,12-14,27H,5,10-11H2,1H3,(H,25,29). The van der Waals surface area contributed by atoms with Gasteiger partial charge < -0.3 is 5.32 Å². The first-order valence-corrected chi connectivity index (χ1v) is 11.1. The number of carbonyl (C=O) groups excluding carboxylic acids is 1. The molecule has 0 aliphatic rings. The average Bonchev–Trinajstić information content (AvgIpc) is 3.16. The van der Waals surface area contributed by atoms with Gasteiger partial charge in [0.2, 0.25) is 0 Å². The third kappa shape index (κ3) is 5.88. The minimum Gasteiger partial charge on any atom is -0.352 e. The van der Waals surface area contributed by atoms with Gasteiger partial charge in [-0.05, 0) is 49.2 Å². The van der Waals surface area contributed by atoms with Crippen LogP contribution in [0.5, 0.6) is 0 Å². The van der Waals surface area contributed by atoms with E-state index >= 15 is 0 Å². The molecule has 7 nitrogen and oxygen atoms in total. The van der Waals surface area contributed by atoms with E-state index in [0.29, 0.717) is 25.6 Å². The average molecular weight is 466 g/mol. The number of aromatic nitrogens is 2. The summed E-state index contributed by atoms with van der Waals surface area (Å²) in [6, 6.07) is 9.26. The van der Waals surface area contributed by atoms with E-state index in [2.05, 4.69) is 15.1 Å². The molecule has 0 saturated heterocycles. The van der Waals surface area contributed by atoms with Crippen molar-refractivity contribution >= 4 is 21.6 Å². The number of alkyl halides is 3. The lowest BCUT2D eigenvalue weighted by atomic mass is 10.1. The van der Waals surface area contributed by atoms with Crippen molar-refractivity contribution in [2.24, 2.45) is 0 Å². The van der Waals surface area contributed by atoms with E-state index in [1.54, 1.807) is 16.9 Å². The molecular formula is C21H21F3N4O3S. The highest BCUT2D eigenvalue weighted by atomic mass is 32.2. The molecule has 0 fully saturated rings. The summed E-state index contributed by atoms with van der Waals surface area (Å²) >= 11 is 0. The molecule has 0 bridgehead atoms. The van der Waals surface area contributed by atoms with Crippen LogP contribution in [0.1, 0.15) is 27.9 Å². The number of benzene rings is 2. The Balaban J connectivity index is 1.69. The molecule has 1 amide bonds. The first kappa shape index (κ1) is 23.3. The molecule has 0 saturated carbocycles. The normalized spacial score (nSPS) is 11.9. The molecule has 3 rings (SSSR count). The number of nitrogens with zero attached hydrogens (tertiary/aromatic N) is 2. The highest BCUT2D eigenvalue weighted by molar-refractivity contribution is 7.92. The summed E-state index contributed by atoms with van der Waals surface area (Å²) in [6.45, 7) is 2.84. The number of para-hydroxylation sites is 1. The van der Waals surface area contributed by atoms with Gasteiger partial charge in [-0.1, -0.05) is 18.2 Å². The summed E-state index contributed by atoms with van der Waals surface area (Å²) in [5.74, 6) is -0.510. The fraction of sp³-hybridized carbons (Fsp3) is 0.238. The van der Waals surface area contributed by atoms with E-state index in [1.165, 1.54) is 18.2 Å². The Morgan fingerprint density at radius 1 is 1.12 bits per heavy atom. The maximum absolute atomic E-state index is 12.9. The molecule has 0 aliphatic carbocycles. The third-order valence-corrected chi connectivity index (χ3v) is 5.86. The van der Waals surface area contributed by atoms with Crippen molar-refractivity contribution in [1.29, 1.82) is 0 Å². The summed E-state index contributed by atoms with van der Waals surface area (Å²) in [5.41, 5.74) is -0.0436. The van der Waals surface area contributed by atoms with Crippen molar-refractivity contribution in [3.05, 3.63) is 77.6 Å².